The molecule has 216 valence electrons. The Kier molecular flexibility index (Phi) is 9.23. The number of hydrazine groups is 1. The molecule has 3 unspecified atom stereocenters. The number of anilines is 1. The maximum atomic E-state index is 14.6. The molecule has 1 fully saturated rings. The van der Waals surface area contributed by atoms with Crippen molar-refractivity contribution in [3.05, 3.63) is 95.0 Å². The molecular formula is C32H37ClN4O4. The number of carbonyl (C=O) groups is 3. The molecule has 1 aliphatic rings. The van der Waals surface area contributed by atoms with E-state index in [1.54, 1.807) is 31.4 Å². The van der Waals surface area contributed by atoms with Gasteiger partial charge in [0.05, 0.1) is 13.2 Å². The summed E-state index contributed by atoms with van der Waals surface area (Å²) in [6, 6.07) is 21.6. The number of halogens is 1. The zero-order valence-corrected chi connectivity index (χ0v) is 24.6. The molecule has 1 saturated heterocycles. The third-order valence-corrected chi connectivity index (χ3v) is 7.41. The van der Waals surface area contributed by atoms with E-state index in [4.69, 9.17) is 22.1 Å². The molecule has 41 heavy (non-hydrogen) atoms. The predicted octanol–water partition coefficient (Wildman–Crippen LogP) is 6.22. The number of benzene rings is 3. The predicted molar refractivity (Wildman–Crippen MR) is 161 cm³/mol. The van der Waals surface area contributed by atoms with Crippen LogP contribution in [0.25, 0.3) is 0 Å². The average Bonchev–Trinajstić information content (AvgIpc) is 3.05. The molecule has 3 aromatic carbocycles. The fraction of sp³-hybridized carbons (Fsp3) is 0.344. The standard InChI is InChI=1S/C32H37ClN4O4/c1-32(2,3)20-29(38)35-37-27(22-12-8-15-26(16-22)41-4)17-23(21-10-6-5-7-11-21)18-28(30(37)39)36(31(34)40)25-14-9-13-24(33)19-25/h5-16,19,23,27-28H,17-18,20H2,1-4H3,(H2,34,40)(H,35,38). The number of urea groups is 1. The summed E-state index contributed by atoms with van der Waals surface area (Å²) in [7, 11) is 1.58. The first-order valence-electron chi connectivity index (χ1n) is 13.6. The van der Waals surface area contributed by atoms with Crippen LogP contribution in [0.5, 0.6) is 5.75 Å². The molecule has 0 radical (unpaired) electrons. The van der Waals surface area contributed by atoms with Crippen molar-refractivity contribution in [2.45, 2.75) is 58.0 Å². The van der Waals surface area contributed by atoms with Gasteiger partial charge >= 0.3 is 6.03 Å². The van der Waals surface area contributed by atoms with Gasteiger partial charge in [-0.3, -0.25) is 19.9 Å². The second-order valence-electron chi connectivity index (χ2n) is 11.6. The van der Waals surface area contributed by atoms with E-state index in [-0.39, 0.29) is 30.1 Å². The number of methoxy groups -OCH3 is 1. The molecule has 0 saturated carbocycles. The number of nitrogens with zero attached hydrogens (tertiary/aromatic N) is 2. The van der Waals surface area contributed by atoms with Crippen molar-refractivity contribution < 1.29 is 19.1 Å². The lowest BCUT2D eigenvalue weighted by molar-refractivity contribution is -0.145. The lowest BCUT2D eigenvalue weighted by Crippen LogP contribution is -2.57. The minimum Gasteiger partial charge on any atom is -0.497 e. The summed E-state index contributed by atoms with van der Waals surface area (Å²) in [6.07, 6.45) is 0.962. The molecule has 1 aliphatic heterocycles. The van der Waals surface area contributed by atoms with Crippen LogP contribution in [-0.4, -0.2) is 36.0 Å². The second-order valence-corrected chi connectivity index (χ2v) is 12.0. The minimum absolute atomic E-state index is 0.160. The van der Waals surface area contributed by atoms with Gasteiger partial charge in [-0.2, -0.15) is 0 Å². The van der Waals surface area contributed by atoms with Gasteiger partial charge in [-0.25, -0.2) is 9.80 Å². The van der Waals surface area contributed by atoms with Gasteiger partial charge in [0.25, 0.3) is 5.91 Å². The van der Waals surface area contributed by atoms with Crippen molar-refractivity contribution in [2.24, 2.45) is 11.1 Å². The Bertz CT molecular complexity index is 1390. The zero-order valence-electron chi connectivity index (χ0n) is 23.8. The van der Waals surface area contributed by atoms with Crippen molar-refractivity contribution in [1.82, 2.24) is 10.4 Å². The summed E-state index contributed by atoms with van der Waals surface area (Å²) in [5, 5.41) is 1.79. The second kappa shape index (κ2) is 12.6. The third kappa shape index (κ3) is 7.38. The van der Waals surface area contributed by atoms with Gasteiger partial charge < -0.3 is 10.5 Å². The van der Waals surface area contributed by atoms with Crippen molar-refractivity contribution in [3.8, 4) is 5.75 Å². The first kappa shape index (κ1) is 29.9. The van der Waals surface area contributed by atoms with Crippen LogP contribution in [0.2, 0.25) is 5.02 Å². The highest BCUT2D eigenvalue weighted by Crippen LogP contribution is 2.41. The molecule has 3 N–H and O–H groups in total. The van der Waals surface area contributed by atoms with Crippen molar-refractivity contribution in [2.75, 3.05) is 12.0 Å². The molecule has 3 atom stereocenters. The van der Waals surface area contributed by atoms with Crippen molar-refractivity contribution in [1.29, 1.82) is 0 Å². The summed E-state index contributed by atoms with van der Waals surface area (Å²) >= 11 is 6.27. The van der Waals surface area contributed by atoms with E-state index in [2.05, 4.69) is 5.43 Å². The average molecular weight is 577 g/mol. The molecule has 9 heteroatoms. The number of amides is 4. The number of ether oxygens (including phenoxy) is 1. The molecule has 4 amide bonds. The maximum Gasteiger partial charge on any atom is 0.320 e. The van der Waals surface area contributed by atoms with Gasteiger partial charge in [-0.05, 0) is 65.6 Å². The monoisotopic (exact) mass is 576 g/mol. The molecule has 0 aliphatic carbocycles. The fourth-order valence-corrected chi connectivity index (χ4v) is 5.56. The highest BCUT2D eigenvalue weighted by molar-refractivity contribution is 6.31. The first-order valence-corrected chi connectivity index (χ1v) is 14.0. The molecule has 8 nitrogen and oxygen atoms in total. The van der Waals surface area contributed by atoms with Crippen LogP contribution in [0.15, 0.2) is 78.9 Å². The topological polar surface area (TPSA) is 105 Å². The largest absolute Gasteiger partial charge is 0.497 e. The molecule has 3 aromatic rings. The Hall–Kier alpha value is -4.04. The number of hydrogen-bond acceptors (Lipinski definition) is 4. The van der Waals surface area contributed by atoms with Gasteiger partial charge in [0.2, 0.25) is 5.91 Å². The molecular weight excluding hydrogens is 540 g/mol. The number of carbonyl (C=O) groups excluding carboxylic acids is 3. The quantitative estimate of drug-likeness (QED) is 0.348. The number of nitrogens with one attached hydrogen (secondary N) is 1. The number of primary amides is 1. The number of hydrogen-bond donors (Lipinski definition) is 2. The van der Waals surface area contributed by atoms with Gasteiger partial charge in [-0.1, -0.05) is 80.9 Å². The first-order chi connectivity index (χ1) is 19.5. The van der Waals surface area contributed by atoms with Gasteiger partial charge in [0, 0.05) is 17.1 Å². The van der Waals surface area contributed by atoms with Crippen LogP contribution in [-0.2, 0) is 9.59 Å². The van der Waals surface area contributed by atoms with Gasteiger partial charge in [0.1, 0.15) is 11.8 Å². The Morgan fingerprint density at radius 3 is 2.32 bits per heavy atom. The molecule has 0 spiro atoms. The molecule has 0 aromatic heterocycles. The summed E-state index contributed by atoms with van der Waals surface area (Å²) in [5.41, 5.74) is 10.7. The Morgan fingerprint density at radius 2 is 1.68 bits per heavy atom. The number of nitrogens with two attached hydrogens (primary N) is 1. The van der Waals surface area contributed by atoms with Crippen molar-refractivity contribution in [3.63, 3.8) is 0 Å². The van der Waals surface area contributed by atoms with E-state index in [0.717, 1.165) is 11.1 Å². The van der Waals surface area contributed by atoms with Crippen LogP contribution in [0, 0.1) is 5.41 Å². The Balaban J connectivity index is 1.88. The summed E-state index contributed by atoms with van der Waals surface area (Å²) < 4.78 is 5.48. The van der Waals surface area contributed by atoms with Crippen LogP contribution in [0.1, 0.15) is 63.1 Å². The van der Waals surface area contributed by atoms with E-state index in [1.165, 1.54) is 9.91 Å². The normalized spacial score (nSPS) is 19.3. The van der Waals surface area contributed by atoms with Gasteiger partial charge in [-0.15, -0.1) is 0 Å². The van der Waals surface area contributed by atoms with Crippen LogP contribution in [0.3, 0.4) is 0 Å². The summed E-state index contributed by atoms with van der Waals surface area (Å²) in [5.74, 6) is -0.279. The van der Waals surface area contributed by atoms with Crippen LogP contribution in [0.4, 0.5) is 10.5 Å². The van der Waals surface area contributed by atoms with Gasteiger partial charge in [0.15, 0.2) is 0 Å². The van der Waals surface area contributed by atoms with E-state index in [9.17, 15) is 14.4 Å². The van der Waals surface area contributed by atoms with Crippen LogP contribution < -0.4 is 20.8 Å². The molecule has 1 heterocycles. The molecule has 0 bridgehead atoms. The van der Waals surface area contributed by atoms with E-state index < -0.39 is 24.0 Å². The van der Waals surface area contributed by atoms with Crippen molar-refractivity contribution >= 4 is 35.1 Å². The van der Waals surface area contributed by atoms with E-state index in [0.29, 0.717) is 22.9 Å². The number of rotatable bonds is 7. The highest BCUT2D eigenvalue weighted by Gasteiger charge is 2.43. The maximum absolute atomic E-state index is 14.6. The minimum atomic E-state index is -1.01. The Labute approximate surface area is 246 Å². The molecule has 4 rings (SSSR count). The fourth-order valence-electron chi connectivity index (χ4n) is 5.38. The Morgan fingerprint density at radius 1 is 1.00 bits per heavy atom. The highest BCUT2D eigenvalue weighted by atomic mass is 35.5. The lowest BCUT2D eigenvalue weighted by atomic mass is 9.86. The van der Waals surface area contributed by atoms with E-state index >= 15 is 0 Å². The van der Waals surface area contributed by atoms with Crippen LogP contribution >= 0.6 is 11.6 Å². The SMILES string of the molecule is COc1cccc(C2CC(c3ccccc3)CC(N(C(N)=O)c3cccc(Cl)c3)C(=O)N2NC(=O)CC(C)(C)C)c1. The zero-order chi connectivity index (χ0) is 29.7. The smallest absolute Gasteiger partial charge is 0.320 e. The summed E-state index contributed by atoms with van der Waals surface area (Å²) in [4.78, 5) is 42.1. The lowest BCUT2D eigenvalue weighted by Gasteiger charge is -2.35. The van der Waals surface area contributed by atoms with E-state index in [1.807, 2.05) is 75.4 Å². The summed E-state index contributed by atoms with van der Waals surface area (Å²) in [6.45, 7) is 5.87. The third-order valence-electron chi connectivity index (χ3n) is 7.17.